The zero-order valence-corrected chi connectivity index (χ0v) is 19.1. The third-order valence-electron chi connectivity index (χ3n) is 6.11. The van der Waals surface area contributed by atoms with E-state index in [1.165, 1.54) is 0 Å². The summed E-state index contributed by atoms with van der Waals surface area (Å²) in [6.07, 6.45) is 4.08. The highest BCUT2D eigenvalue weighted by Gasteiger charge is 2.42. The molecule has 1 aliphatic rings. The Hall–Kier alpha value is -2.50. The van der Waals surface area contributed by atoms with Crippen molar-refractivity contribution in [2.24, 2.45) is 5.41 Å². The summed E-state index contributed by atoms with van der Waals surface area (Å²) in [4.78, 5) is 24.0. The second kappa shape index (κ2) is 11.9. The molecule has 1 heterocycles. The molecule has 32 heavy (non-hydrogen) atoms. The molecule has 1 aliphatic heterocycles. The molecule has 3 rings (SSSR count). The van der Waals surface area contributed by atoms with E-state index in [1.54, 1.807) is 0 Å². The number of esters is 1. The molecule has 0 unspecified atom stereocenters. The van der Waals surface area contributed by atoms with Crippen molar-refractivity contribution < 1.29 is 23.8 Å². The number of carbonyl (C=O) groups is 2. The minimum absolute atomic E-state index is 0.0457. The normalized spacial score (nSPS) is 19.8. The molecule has 0 aromatic heterocycles. The van der Waals surface area contributed by atoms with Crippen molar-refractivity contribution in [2.45, 2.75) is 77.5 Å². The summed E-state index contributed by atoms with van der Waals surface area (Å²) < 4.78 is 18.0. The van der Waals surface area contributed by atoms with Crippen LogP contribution in [0.25, 0.3) is 0 Å². The number of carbonyl (C=O) groups excluding carboxylic acids is 2. The van der Waals surface area contributed by atoms with Crippen molar-refractivity contribution in [3.63, 3.8) is 0 Å². The Balaban J connectivity index is 1.53. The molecule has 3 atom stereocenters. The fourth-order valence-electron chi connectivity index (χ4n) is 4.07. The topological polar surface area (TPSA) is 61.8 Å². The van der Waals surface area contributed by atoms with Crippen LogP contribution in [0.1, 0.15) is 57.1 Å². The molecule has 1 saturated heterocycles. The standard InChI is InChI=1S/C27H34O5/c1-27(2,26(29)31-20-22-12-7-4-8-13-22)25-15-9-14-24(32-25)18-23(16-17-28)30-19-21-10-5-3-6-11-21/h3-8,10-13,17,23-25H,9,14-16,18-20H2,1-2H3/t23-,24-,25+/m0/s1. The van der Waals surface area contributed by atoms with Gasteiger partial charge in [0.25, 0.3) is 0 Å². The van der Waals surface area contributed by atoms with E-state index in [4.69, 9.17) is 14.2 Å². The minimum atomic E-state index is -0.751. The summed E-state index contributed by atoms with van der Waals surface area (Å²) >= 11 is 0. The summed E-state index contributed by atoms with van der Waals surface area (Å²) in [5, 5.41) is 0. The molecule has 0 N–H and O–H groups in total. The first-order valence-electron chi connectivity index (χ1n) is 11.4. The molecule has 2 aromatic rings. The summed E-state index contributed by atoms with van der Waals surface area (Å²) in [5.74, 6) is -0.253. The predicted octanol–water partition coefficient (Wildman–Crippen LogP) is 5.26. The van der Waals surface area contributed by atoms with Gasteiger partial charge in [-0.15, -0.1) is 0 Å². The Morgan fingerprint density at radius 3 is 2.28 bits per heavy atom. The van der Waals surface area contributed by atoms with Crippen LogP contribution < -0.4 is 0 Å². The van der Waals surface area contributed by atoms with E-state index in [-0.39, 0.29) is 30.9 Å². The van der Waals surface area contributed by atoms with E-state index in [2.05, 4.69) is 0 Å². The van der Waals surface area contributed by atoms with Crippen LogP contribution >= 0.6 is 0 Å². The largest absolute Gasteiger partial charge is 0.460 e. The van der Waals surface area contributed by atoms with Crippen molar-refractivity contribution in [1.29, 1.82) is 0 Å². The Labute approximate surface area is 191 Å². The summed E-state index contributed by atoms with van der Waals surface area (Å²) in [7, 11) is 0. The molecule has 172 valence electrons. The first kappa shape index (κ1) is 24.1. The van der Waals surface area contributed by atoms with Crippen molar-refractivity contribution in [1.82, 2.24) is 0 Å². The lowest BCUT2D eigenvalue weighted by Crippen LogP contribution is -2.45. The van der Waals surface area contributed by atoms with Crippen molar-refractivity contribution in [2.75, 3.05) is 0 Å². The maximum absolute atomic E-state index is 12.9. The Morgan fingerprint density at radius 2 is 1.66 bits per heavy atom. The van der Waals surface area contributed by atoms with Crippen LogP contribution in [0.5, 0.6) is 0 Å². The number of hydrogen-bond donors (Lipinski definition) is 0. The summed E-state index contributed by atoms with van der Waals surface area (Å²) in [6, 6.07) is 19.6. The van der Waals surface area contributed by atoms with E-state index in [9.17, 15) is 9.59 Å². The van der Waals surface area contributed by atoms with Crippen molar-refractivity contribution in [3.05, 3.63) is 71.8 Å². The van der Waals surface area contributed by atoms with Gasteiger partial charge < -0.3 is 19.0 Å². The third kappa shape index (κ3) is 7.01. The molecule has 0 amide bonds. The average Bonchev–Trinajstić information content (AvgIpc) is 2.82. The lowest BCUT2D eigenvalue weighted by Gasteiger charge is -2.39. The minimum Gasteiger partial charge on any atom is -0.460 e. The van der Waals surface area contributed by atoms with E-state index in [0.29, 0.717) is 19.4 Å². The number of rotatable bonds is 11. The molecule has 0 radical (unpaired) electrons. The van der Waals surface area contributed by atoms with Gasteiger partial charge in [0.1, 0.15) is 12.9 Å². The molecule has 5 nitrogen and oxygen atoms in total. The van der Waals surface area contributed by atoms with Gasteiger partial charge in [-0.1, -0.05) is 60.7 Å². The highest BCUT2D eigenvalue weighted by atomic mass is 16.5. The second-order valence-corrected chi connectivity index (χ2v) is 9.02. The number of hydrogen-bond acceptors (Lipinski definition) is 5. The molecule has 0 bridgehead atoms. The Kier molecular flexibility index (Phi) is 9.00. The monoisotopic (exact) mass is 438 g/mol. The SMILES string of the molecule is CC(C)(C(=O)OCc1ccccc1)[C@H]1CCC[C@@H](C[C@H](CC=O)OCc2ccccc2)O1. The molecule has 0 aliphatic carbocycles. The zero-order valence-electron chi connectivity index (χ0n) is 19.1. The van der Waals surface area contributed by atoms with Crippen molar-refractivity contribution >= 4 is 12.3 Å². The van der Waals surface area contributed by atoms with E-state index in [1.807, 2.05) is 74.5 Å². The molecule has 0 spiro atoms. The lowest BCUT2D eigenvalue weighted by molar-refractivity contribution is -0.175. The van der Waals surface area contributed by atoms with Gasteiger partial charge in [0.2, 0.25) is 0 Å². The van der Waals surface area contributed by atoms with Gasteiger partial charge in [-0.05, 0) is 44.2 Å². The fourth-order valence-corrected chi connectivity index (χ4v) is 4.07. The second-order valence-electron chi connectivity index (χ2n) is 9.02. The van der Waals surface area contributed by atoms with Gasteiger partial charge in [0.05, 0.1) is 30.3 Å². The number of ether oxygens (including phenoxy) is 3. The van der Waals surface area contributed by atoms with Crippen LogP contribution in [-0.4, -0.2) is 30.6 Å². The van der Waals surface area contributed by atoms with Crippen LogP contribution in [-0.2, 0) is 37.0 Å². The number of aldehydes is 1. The predicted molar refractivity (Wildman–Crippen MR) is 123 cm³/mol. The maximum atomic E-state index is 12.9. The van der Waals surface area contributed by atoms with Crippen LogP contribution in [0.3, 0.4) is 0 Å². The third-order valence-corrected chi connectivity index (χ3v) is 6.11. The first-order valence-corrected chi connectivity index (χ1v) is 11.4. The van der Waals surface area contributed by atoms with Crippen LogP contribution in [0.15, 0.2) is 60.7 Å². The van der Waals surface area contributed by atoms with Crippen LogP contribution in [0, 0.1) is 5.41 Å². The Bertz CT molecular complexity index is 834. The lowest BCUT2D eigenvalue weighted by atomic mass is 9.81. The van der Waals surface area contributed by atoms with Crippen LogP contribution in [0.4, 0.5) is 0 Å². The molecular formula is C27H34O5. The molecule has 1 fully saturated rings. The summed E-state index contributed by atoms with van der Waals surface area (Å²) in [6.45, 7) is 4.51. The van der Waals surface area contributed by atoms with Gasteiger partial charge in [0.15, 0.2) is 0 Å². The van der Waals surface area contributed by atoms with Crippen LogP contribution in [0.2, 0.25) is 0 Å². The zero-order chi connectivity index (χ0) is 22.8. The van der Waals surface area contributed by atoms with E-state index >= 15 is 0 Å². The molecular weight excluding hydrogens is 404 g/mol. The maximum Gasteiger partial charge on any atom is 0.314 e. The molecule has 0 saturated carbocycles. The van der Waals surface area contributed by atoms with Gasteiger partial charge in [0, 0.05) is 12.8 Å². The van der Waals surface area contributed by atoms with Crippen molar-refractivity contribution in [3.8, 4) is 0 Å². The molecule has 5 heteroatoms. The average molecular weight is 439 g/mol. The number of benzene rings is 2. The molecule has 2 aromatic carbocycles. The quantitative estimate of drug-likeness (QED) is 0.354. The fraction of sp³-hybridized carbons (Fsp3) is 0.481. The van der Waals surface area contributed by atoms with Gasteiger partial charge in [-0.25, -0.2) is 0 Å². The van der Waals surface area contributed by atoms with Gasteiger partial charge in [-0.2, -0.15) is 0 Å². The van der Waals surface area contributed by atoms with E-state index in [0.717, 1.165) is 36.7 Å². The van der Waals surface area contributed by atoms with E-state index < -0.39 is 5.41 Å². The van der Waals surface area contributed by atoms with Gasteiger partial charge in [-0.3, -0.25) is 4.79 Å². The summed E-state index contributed by atoms with van der Waals surface area (Å²) in [5.41, 5.74) is 1.29. The highest BCUT2D eigenvalue weighted by Crippen LogP contribution is 2.35. The highest BCUT2D eigenvalue weighted by molar-refractivity contribution is 5.76. The smallest absolute Gasteiger partial charge is 0.314 e. The Morgan fingerprint density at radius 1 is 1.03 bits per heavy atom. The first-order chi connectivity index (χ1) is 15.5. The van der Waals surface area contributed by atoms with Gasteiger partial charge >= 0.3 is 5.97 Å².